The van der Waals surface area contributed by atoms with Gasteiger partial charge in [-0.15, -0.1) is 0 Å². The number of aryl methyl sites for hydroxylation is 1. The highest BCUT2D eigenvalue weighted by Crippen LogP contribution is 2.51. The van der Waals surface area contributed by atoms with Crippen LogP contribution in [0.2, 0.25) is 0 Å². The smallest absolute Gasteiger partial charge is 0.211 e. The Hall–Kier alpha value is -2.16. The molecule has 0 radical (unpaired) electrons. The van der Waals surface area contributed by atoms with Crippen LogP contribution >= 0.6 is 0 Å². The molecular weight excluding hydrogens is 204 g/mol. The number of phenolic OH excluding ortho intramolecular Hbond substituents is 2. The van der Waals surface area contributed by atoms with Crippen LogP contribution < -0.4 is 4.74 Å². The van der Waals surface area contributed by atoms with Crippen molar-refractivity contribution in [2.24, 2.45) is 0 Å². The van der Waals surface area contributed by atoms with Gasteiger partial charge < -0.3 is 14.9 Å². The van der Waals surface area contributed by atoms with Crippen LogP contribution in [0.3, 0.4) is 0 Å². The Morgan fingerprint density at radius 1 is 0.875 bits per heavy atom. The second kappa shape index (κ2) is 4.14. The molecule has 0 atom stereocenters. The molecular formula is C13H12O3. The maximum atomic E-state index is 8.92. The Morgan fingerprint density at radius 3 is 2.06 bits per heavy atom. The topological polar surface area (TPSA) is 53.0 Å². The van der Waals surface area contributed by atoms with E-state index in [9.17, 15) is 0 Å². The summed E-state index contributed by atoms with van der Waals surface area (Å²) in [5.41, 5.74) is 0.924. The third kappa shape index (κ3) is 2.25. The largest absolute Gasteiger partial charge is 0.508 e. The second-order valence-corrected chi connectivity index (χ2v) is 3.49. The van der Waals surface area contributed by atoms with Crippen LogP contribution in [0.25, 0.3) is 0 Å². The molecule has 3 heteroatoms. The van der Waals surface area contributed by atoms with E-state index < -0.39 is 0 Å². The molecule has 2 aromatic carbocycles. The fourth-order valence-corrected chi connectivity index (χ4v) is 1.24. The number of aromatic hydroxyl groups is 2. The first-order valence-corrected chi connectivity index (χ1v) is 4.93. The van der Waals surface area contributed by atoms with Crippen LogP contribution in [0.4, 0.5) is 0 Å². The molecule has 0 spiro atoms. The zero-order valence-corrected chi connectivity index (χ0v) is 8.84. The van der Waals surface area contributed by atoms with Crippen LogP contribution in [0, 0.1) is 6.92 Å². The van der Waals surface area contributed by atoms with Crippen molar-refractivity contribution in [3.8, 4) is 23.0 Å². The molecule has 82 valence electrons. The van der Waals surface area contributed by atoms with Crippen LogP contribution in [-0.2, 0) is 0 Å². The molecule has 0 unspecified atom stereocenters. The van der Waals surface area contributed by atoms with Crippen molar-refractivity contribution in [3.63, 3.8) is 0 Å². The van der Waals surface area contributed by atoms with Gasteiger partial charge in [-0.05, 0) is 30.7 Å². The lowest BCUT2D eigenvalue weighted by Crippen LogP contribution is -1.68. The number of rotatable bonds is 0. The molecule has 0 fully saturated rings. The summed E-state index contributed by atoms with van der Waals surface area (Å²) in [5, 5.41) is 17.8. The average molecular weight is 216 g/mol. The Balaban J connectivity index is 0.000000120. The minimum atomic E-state index is 0.238. The average Bonchev–Trinajstić information content (AvgIpc) is 3.04. The third-order valence-electron chi connectivity index (χ3n) is 2.24. The fraction of sp³-hybridized carbons (Fsp3) is 0.0769. The molecule has 1 aliphatic heterocycles. The molecule has 0 aliphatic carbocycles. The summed E-state index contributed by atoms with van der Waals surface area (Å²) in [6, 6.07) is 12.4. The number of ether oxygens (including phenoxy) is 1. The maximum Gasteiger partial charge on any atom is 0.211 e. The monoisotopic (exact) mass is 216 g/mol. The van der Waals surface area contributed by atoms with Gasteiger partial charge in [0.25, 0.3) is 0 Å². The Morgan fingerprint density at radius 2 is 1.56 bits per heavy atom. The Kier molecular flexibility index (Phi) is 2.68. The molecule has 0 saturated carbocycles. The first-order chi connectivity index (χ1) is 7.68. The van der Waals surface area contributed by atoms with Gasteiger partial charge in [0.15, 0.2) is 11.5 Å². The standard InChI is InChI=1S/C7H8O.C6H4O2/c1-6-4-2-3-5-7(6)8;7-4-2-1-3-5-6(4)8-5/h2-5,8H,1H3;1-3,7H. The molecule has 16 heavy (non-hydrogen) atoms. The van der Waals surface area contributed by atoms with Gasteiger partial charge in [-0.3, -0.25) is 0 Å². The van der Waals surface area contributed by atoms with Gasteiger partial charge in [-0.2, -0.15) is 0 Å². The summed E-state index contributed by atoms with van der Waals surface area (Å²) in [4.78, 5) is 0. The SMILES string of the molecule is Cc1ccccc1O.Oc1cccc2c1O2. The van der Waals surface area contributed by atoms with Crippen LogP contribution in [0.15, 0.2) is 42.5 Å². The van der Waals surface area contributed by atoms with E-state index in [1.54, 1.807) is 18.2 Å². The summed E-state index contributed by atoms with van der Waals surface area (Å²) >= 11 is 0. The molecule has 0 saturated heterocycles. The lowest BCUT2D eigenvalue weighted by molar-refractivity contribution is 0.463. The maximum absolute atomic E-state index is 8.92. The molecule has 0 bridgehead atoms. The van der Waals surface area contributed by atoms with E-state index in [1.807, 2.05) is 31.2 Å². The van der Waals surface area contributed by atoms with Crippen molar-refractivity contribution in [3.05, 3.63) is 48.0 Å². The zero-order chi connectivity index (χ0) is 11.5. The summed E-state index contributed by atoms with van der Waals surface area (Å²) in [7, 11) is 0. The number of phenols is 2. The van der Waals surface area contributed by atoms with E-state index in [0.717, 1.165) is 11.3 Å². The van der Waals surface area contributed by atoms with Crippen LogP contribution in [0.1, 0.15) is 5.56 Å². The highest BCUT2D eigenvalue weighted by atomic mass is 16.6. The summed E-state index contributed by atoms with van der Waals surface area (Å²) in [6.45, 7) is 1.87. The Bertz CT molecular complexity index is 469. The minimum Gasteiger partial charge on any atom is -0.508 e. The van der Waals surface area contributed by atoms with E-state index in [4.69, 9.17) is 14.9 Å². The number of fused-ring (bicyclic) bond motifs is 1. The van der Waals surface area contributed by atoms with E-state index >= 15 is 0 Å². The number of hydrogen-bond donors (Lipinski definition) is 2. The van der Waals surface area contributed by atoms with Crippen molar-refractivity contribution < 1.29 is 14.9 Å². The van der Waals surface area contributed by atoms with E-state index in [-0.39, 0.29) is 5.75 Å². The summed E-state index contributed by atoms with van der Waals surface area (Å²) < 4.78 is 4.82. The van der Waals surface area contributed by atoms with Crippen molar-refractivity contribution in [2.75, 3.05) is 0 Å². The van der Waals surface area contributed by atoms with Gasteiger partial charge in [0, 0.05) is 0 Å². The van der Waals surface area contributed by atoms with E-state index in [1.165, 1.54) is 0 Å². The van der Waals surface area contributed by atoms with Gasteiger partial charge in [0.1, 0.15) is 5.75 Å². The van der Waals surface area contributed by atoms with Gasteiger partial charge in [-0.25, -0.2) is 0 Å². The molecule has 0 amide bonds. The van der Waals surface area contributed by atoms with Gasteiger partial charge in [-0.1, -0.05) is 24.3 Å². The predicted octanol–water partition coefficient (Wildman–Crippen LogP) is 3.20. The fourth-order valence-electron chi connectivity index (χ4n) is 1.24. The third-order valence-corrected chi connectivity index (χ3v) is 2.24. The second-order valence-electron chi connectivity index (χ2n) is 3.49. The molecule has 2 aromatic rings. The molecule has 3 rings (SSSR count). The summed E-state index contributed by atoms with van der Waals surface area (Å²) in [5.74, 6) is 2.03. The number of benzene rings is 2. The van der Waals surface area contributed by atoms with Gasteiger partial charge >= 0.3 is 0 Å². The van der Waals surface area contributed by atoms with Crippen molar-refractivity contribution in [1.82, 2.24) is 0 Å². The lowest BCUT2D eigenvalue weighted by atomic mass is 10.2. The van der Waals surface area contributed by atoms with Gasteiger partial charge in [0.05, 0.1) is 0 Å². The first-order valence-electron chi connectivity index (χ1n) is 4.93. The Labute approximate surface area is 93.6 Å². The predicted molar refractivity (Wildman–Crippen MR) is 61.0 cm³/mol. The van der Waals surface area contributed by atoms with E-state index in [0.29, 0.717) is 11.5 Å². The lowest BCUT2D eigenvalue weighted by Gasteiger charge is -1.92. The first kappa shape index (κ1) is 10.4. The minimum absolute atomic E-state index is 0.238. The molecule has 2 N–H and O–H groups in total. The summed E-state index contributed by atoms with van der Waals surface area (Å²) in [6.07, 6.45) is 0. The quantitative estimate of drug-likeness (QED) is 0.567. The van der Waals surface area contributed by atoms with Crippen molar-refractivity contribution in [1.29, 1.82) is 0 Å². The van der Waals surface area contributed by atoms with Crippen molar-refractivity contribution in [2.45, 2.75) is 6.92 Å². The molecule has 1 heterocycles. The highest BCUT2D eigenvalue weighted by Gasteiger charge is 2.22. The molecule has 1 aliphatic rings. The van der Waals surface area contributed by atoms with E-state index in [2.05, 4.69) is 0 Å². The number of hydrogen-bond acceptors (Lipinski definition) is 3. The van der Waals surface area contributed by atoms with Gasteiger partial charge in [0.2, 0.25) is 5.75 Å². The van der Waals surface area contributed by atoms with Crippen LogP contribution in [0.5, 0.6) is 23.0 Å². The molecule has 0 aromatic heterocycles. The highest BCUT2D eigenvalue weighted by molar-refractivity contribution is 5.62. The normalized spacial score (nSPS) is 10.6. The molecule has 3 nitrogen and oxygen atoms in total. The van der Waals surface area contributed by atoms with Crippen molar-refractivity contribution >= 4 is 0 Å². The number of para-hydroxylation sites is 2. The zero-order valence-electron chi connectivity index (χ0n) is 8.84. The van der Waals surface area contributed by atoms with Crippen LogP contribution in [-0.4, -0.2) is 10.2 Å².